The fourth-order valence-electron chi connectivity index (χ4n) is 0.492. The summed E-state index contributed by atoms with van der Waals surface area (Å²) in [5.74, 6) is -1.92. The van der Waals surface area contributed by atoms with Crippen LogP contribution in [-0.2, 0) is 9.59 Å². The fourth-order valence-corrected chi connectivity index (χ4v) is 0.967. The largest absolute Gasteiger partial charge is 0.550 e. The van der Waals surface area contributed by atoms with Crippen LogP contribution in [-0.4, -0.2) is 33.1 Å². The van der Waals surface area contributed by atoms with Gasteiger partial charge in [0.1, 0.15) is 0 Å². The minimum absolute atomic E-state index is 0.181. The van der Waals surface area contributed by atoms with Crippen LogP contribution in [0.3, 0.4) is 0 Å². The molecule has 0 rings (SSSR count). The van der Waals surface area contributed by atoms with E-state index in [1.807, 2.05) is 8.18 Å². The van der Waals surface area contributed by atoms with Crippen LogP contribution < -0.4 is 10.2 Å². The number of aliphatic carboxylic acids is 2. The van der Waals surface area contributed by atoms with Gasteiger partial charge in [0, 0.05) is 11.9 Å². The molecule has 0 heterocycles. The quantitative estimate of drug-likeness (QED) is 0.636. The number of carbonyl (C=O) groups excluding carboxylic acids is 2. The normalized spacial score (nSPS) is 7.18. The molecule has 0 saturated carbocycles. The third-order valence-electron chi connectivity index (χ3n) is 1.14. The second kappa shape index (κ2) is 20.6. The van der Waals surface area contributed by atoms with Gasteiger partial charge in [-0.15, -0.1) is 0 Å². The Morgan fingerprint density at radius 2 is 1.29 bits per heavy atom. The first kappa shape index (κ1) is 21.5. The first-order valence-corrected chi connectivity index (χ1v) is 8.63. The number of carboxylic acids is 2. The van der Waals surface area contributed by atoms with Crippen molar-refractivity contribution in [3.63, 3.8) is 0 Å². The molecule has 4 nitrogen and oxygen atoms in total. The molecule has 0 aliphatic carbocycles. The Morgan fingerprint density at radius 1 is 1.00 bits per heavy atom. The van der Waals surface area contributed by atoms with Gasteiger partial charge < -0.3 is 19.8 Å². The third-order valence-corrected chi connectivity index (χ3v) is 2.49. The molecule has 0 aliphatic rings. The zero-order valence-corrected chi connectivity index (χ0v) is 13.4. The molecule has 0 aliphatic heterocycles. The first-order chi connectivity index (χ1) is 7.95. The Balaban J connectivity index is -0.000000174. The van der Waals surface area contributed by atoms with Gasteiger partial charge in [-0.05, 0) is 12.8 Å². The molecule has 96 valence electrons. The van der Waals surface area contributed by atoms with Gasteiger partial charge in [0.05, 0.1) is 0 Å². The monoisotopic (exact) mass is 348 g/mol. The number of rotatable bonds is 6. The second-order valence-electron chi connectivity index (χ2n) is 2.82. The molecular formula is C12H20O4Sn. The van der Waals surface area contributed by atoms with E-state index in [1.165, 1.54) is 0 Å². The summed E-state index contributed by atoms with van der Waals surface area (Å²) >= 11 is -0.254. The molecule has 0 unspecified atom stereocenters. The predicted octanol–water partition coefficient (Wildman–Crippen LogP) is 0.0504. The van der Waals surface area contributed by atoms with Crippen LogP contribution >= 0.6 is 0 Å². The average Bonchev–Trinajstić information content (AvgIpc) is 2.20. The summed E-state index contributed by atoms with van der Waals surface area (Å²) in [6.07, 6.45) is 1.70. The zero-order valence-electron chi connectivity index (χ0n) is 10.5. The van der Waals surface area contributed by atoms with Gasteiger partial charge in [-0.1, -0.05) is 26.7 Å². The van der Waals surface area contributed by atoms with Crippen molar-refractivity contribution in [2.24, 2.45) is 0 Å². The summed E-state index contributed by atoms with van der Waals surface area (Å²) in [6.45, 7) is 10.7. The van der Waals surface area contributed by atoms with Crippen LogP contribution in [0.25, 0.3) is 0 Å². The Kier molecular flexibility index (Phi) is 26.1. The van der Waals surface area contributed by atoms with E-state index in [4.69, 9.17) is 0 Å². The molecule has 0 spiro atoms. The van der Waals surface area contributed by atoms with E-state index in [9.17, 15) is 19.8 Å². The molecule has 0 atom stereocenters. The van der Waals surface area contributed by atoms with E-state index >= 15 is 0 Å². The van der Waals surface area contributed by atoms with Crippen molar-refractivity contribution in [3.05, 3.63) is 21.3 Å². The maximum Gasteiger partial charge on any atom is 0.0414 e. The molecular weight excluding hydrogens is 327 g/mol. The summed E-state index contributed by atoms with van der Waals surface area (Å²) in [6, 6.07) is 0. The topological polar surface area (TPSA) is 80.3 Å². The van der Waals surface area contributed by atoms with Gasteiger partial charge in [0.15, 0.2) is 0 Å². The SMILES string of the molecule is C=[CH][Sn+2][CH]=C.CCCC(=O)[O-].CCCC(=O)[O-]. The third kappa shape index (κ3) is 51.0. The Labute approximate surface area is 114 Å². The molecule has 17 heavy (non-hydrogen) atoms. The van der Waals surface area contributed by atoms with E-state index < -0.39 is 11.9 Å². The molecule has 0 aromatic rings. The Hall–Kier alpha value is -0.781. The predicted molar refractivity (Wildman–Crippen MR) is 66.0 cm³/mol. The van der Waals surface area contributed by atoms with Crippen LogP contribution in [0.4, 0.5) is 0 Å². The summed E-state index contributed by atoms with van der Waals surface area (Å²) in [5, 5.41) is 19.0. The van der Waals surface area contributed by atoms with Crippen molar-refractivity contribution in [1.82, 2.24) is 0 Å². The van der Waals surface area contributed by atoms with E-state index in [0.29, 0.717) is 12.8 Å². The minimum Gasteiger partial charge on any atom is -0.550 e. The van der Waals surface area contributed by atoms with E-state index in [1.54, 1.807) is 13.8 Å². The molecule has 0 fully saturated rings. The van der Waals surface area contributed by atoms with Crippen LogP contribution in [0.2, 0.25) is 0 Å². The fraction of sp³-hybridized carbons (Fsp3) is 0.500. The van der Waals surface area contributed by atoms with Crippen LogP contribution in [0.1, 0.15) is 39.5 Å². The van der Waals surface area contributed by atoms with Crippen molar-refractivity contribution >= 4 is 33.1 Å². The molecule has 0 aromatic heterocycles. The van der Waals surface area contributed by atoms with Gasteiger partial charge in [0.2, 0.25) is 0 Å². The summed E-state index contributed by atoms with van der Waals surface area (Å²) in [7, 11) is 0. The Morgan fingerprint density at radius 3 is 1.29 bits per heavy atom. The van der Waals surface area contributed by atoms with Gasteiger partial charge in [0.25, 0.3) is 0 Å². The van der Waals surface area contributed by atoms with E-state index in [-0.39, 0.29) is 34.0 Å². The number of hydrogen-bond acceptors (Lipinski definition) is 4. The molecule has 0 aromatic carbocycles. The van der Waals surface area contributed by atoms with Gasteiger partial charge in [-0.3, -0.25) is 0 Å². The van der Waals surface area contributed by atoms with Gasteiger partial charge >= 0.3 is 42.5 Å². The van der Waals surface area contributed by atoms with Crippen molar-refractivity contribution in [2.45, 2.75) is 39.5 Å². The smallest absolute Gasteiger partial charge is 0.0414 e. The molecule has 0 N–H and O–H groups in total. The van der Waals surface area contributed by atoms with Crippen LogP contribution in [0.5, 0.6) is 0 Å². The van der Waals surface area contributed by atoms with Crippen molar-refractivity contribution < 1.29 is 19.8 Å². The van der Waals surface area contributed by atoms with Crippen molar-refractivity contribution in [1.29, 1.82) is 0 Å². The van der Waals surface area contributed by atoms with Crippen molar-refractivity contribution in [3.8, 4) is 0 Å². The standard InChI is InChI=1S/2C4H8O2.2C2H3.Sn/c2*1-2-3-4(5)6;2*1-2;/h2*2-3H2,1H3,(H,5,6);2*1H,2H2;/q;;;;+2/p-2. The van der Waals surface area contributed by atoms with Gasteiger partial charge in [-0.2, -0.15) is 0 Å². The van der Waals surface area contributed by atoms with Gasteiger partial charge in [-0.25, -0.2) is 0 Å². The summed E-state index contributed by atoms with van der Waals surface area (Å²) in [4.78, 5) is 19.0. The molecule has 0 amide bonds. The minimum atomic E-state index is -0.961. The molecule has 0 bridgehead atoms. The van der Waals surface area contributed by atoms with Crippen LogP contribution in [0, 0.1) is 0 Å². The maximum absolute atomic E-state index is 9.49. The van der Waals surface area contributed by atoms with E-state index in [2.05, 4.69) is 13.2 Å². The number of hydrogen-bond donors (Lipinski definition) is 0. The maximum atomic E-state index is 9.49. The zero-order chi connectivity index (χ0) is 14.1. The molecule has 0 saturated heterocycles. The number of carbonyl (C=O) groups is 2. The average molecular weight is 347 g/mol. The summed E-state index contributed by atoms with van der Waals surface area (Å²) in [5.41, 5.74) is 0. The first-order valence-electron chi connectivity index (χ1n) is 5.33. The van der Waals surface area contributed by atoms with Crippen LogP contribution in [0.15, 0.2) is 21.3 Å². The van der Waals surface area contributed by atoms with Crippen molar-refractivity contribution in [2.75, 3.05) is 0 Å². The Bertz CT molecular complexity index is 193. The van der Waals surface area contributed by atoms with E-state index in [0.717, 1.165) is 0 Å². The molecule has 0 radical (unpaired) electrons. The second-order valence-corrected chi connectivity index (χ2v) is 6.10. The molecule has 5 heteroatoms. The summed E-state index contributed by atoms with van der Waals surface area (Å²) < 4.78 is 3.96. The number of carboxylic acid groups (broad SMARTS) is 2.